The number of aryl methyl sites for hydroxylation is 2. The van der Waals surface area contributed by atoms with E-state index in [-0.39, 0.29) is 0 Å². The van der Waals surface area contributed by atoms with Gasteiger partial charge in [-0.3, -0.25) is 9.59 Å². The number of fused-ring (bicyclic) bond motifs is 1. The summed E-state index contributed by atoms with van der Waals surface area (Å²) in [6, 6.07) is 14.8. The van der Waals surface area contributed by atoms with Gasteiger partial charge in [0.15, 0.2) is 0 Å². The fraction of sp³-hybridized carbons (Fsp3) is 0.192. The number of ketones is 1. The smallest absolute Gasteiger partial charge is 0.296 e. The molecular weight excluding hydrogens is 438 g/mol. The van der Waals surface area contributed by atoms with E-state index in [0.717, 1.165) is 33.3 Å². The summed E-state index contributed by atoms with van der Waals surface area (Å²) in [5, 5.41) is 4.09. The van der Waals surface area contributed by atoms with E-state index in [1.807, 2.05) is 51.1 Å². The number of nitrogens with zero attached hydrogens (tertiary/aromatic N) is 2. The number of halogens is 1. The van der Waals surface area contributed by atoms with Crippen LogP contribution in [-0.4, -0.2) is 28.4 Å². The molecule has 0 saturated heterocycles. The highest BCUT2D eigenvalue weighted by molar-refractivity contribution is 6.48. The lowest BCUT2D eigenvalue weighted by Crippen LogP contribution is -2.23. The van der Waals surface area contributed by atoms with Crippen LogP contribution in [0.1, 0.15) is 32.7 Å². The third kappa shape index (κ3) is 4.47. The number of amides is 1. The number of benzene rings is 2. The molecule has 33 heavy (non-hydrogen) atoms. The van der Waals surface area contributed by atoms with Crippen molar-refractivity contribution in [2.45, 2.75) is 27.3 Å². The maximum absolute atomic E-state index is 13.4. The molecule has 2 aromatic carbocycles. The first kappa shape index (κ1) is 22.6. The number of pyridine rings is 1. The predicted molar refractivity (Wildman–Crippen MR) is 130 cm³/mol. The molecule has 6 nitrogen and oxygen atoms in total. The van der Waals surface area contributed by atoms with E-state index >= 15 is 0 Å². The molecule has 1 amide bonds. The monoisotopic (exact) mass is 461 g/mol. The molecule has 4 aromatic rings. The minimum Gasteiger partial charge on any atom is -0.481 e. The van der Waals surface area contributed by atoms with Crippen molar-refractivity contribution in [2.75, 3.05) is 12.4 Å². The van der Waals surface area contributed by atoms with Crippen LogP contribution in [-0.2, 0) is 11.3 Å². The number of ether oxygens (including phenoxy) is 1. The number of methoxy groups -OCH3 is 1. The zero-order valence-electron chi connectivity index (χ0n) is 18.9. The molecule has 0 atom stereocenters. The van der Waals surface area contributed by atoms with E-state index in [2.05, 4.69) is 20.9 Å². The molecule has 0 fully saturated rings. The highest BCUT2D eigenvalue weighted by Crippen LogP contribution is 2.30. The second kappa shape index (κ2) is 9.08. The van der Waals surface area contributed by atoms with Gasteiger partial charge in [-0.1, -0.05) is 23.7 Å². The summed E-state index contributed by atoms with van der Waals surface area (Å²) >= 11 is 6.04. The van der Waals surface area contributed by atoms with Gasteiger partial charge in [0.1, 0.15) is 0 Å². The number of anilines is 1. The summed E-state index contributed by atoms with van der Waals surface area (Å²) < 4.78 is 7.16. The summed E-state index contributed by atoms with van der Waals surface area (Å²) in [5.41, 5.74) is 5.70. The summed E-state index contributed by atoms with van der Waals surface area (Å²) in [6.45, 7) is 6.46. The first-order valence-electron chi connectivity index (χ1n) is 10.5. The van der Waals surface area contributed by atoms with E-state index in [1.54, 1.807) is 12.1 Å². The molecule has 0 aliphatic carbocycles. The highest BCUT2D eigenvalue weighted by Gasteiger charge is 2.26. The molecule has 2 aromatic heterocycles. The van der Waals surface area contributed by atoms with Crippen molar-refractivity contribution in [3.05, 3.63) is 87.7 Å². The van der Waals surface area contributed by atoms with Crippen LogP contribution in [0.2, 0.25) is 5.02 Å². The maximum Gasteiger partial charge on any atom is 0.296 e. The Hall–Kier alpha value is -3.64. The molecule has 7 heteroatoms. The van der Waals surface area contributed by atoms with Gasteiger partial charge < -0.3 is 14.6 Å². The Morgan fingerprint density at radius 3 is 2.42 bits per heavy atom. The van der Waals surface area contributed by atoms with Crippen molar-refractivity contribution < 1.29 is 14.3 Å². The number of hydrogen-bond acceptors (Lipinski definition) is 4. The Morgan fingerprint density at radius 2 is 1.73 bits per heavy atom. The van der Waals surface area contributed by atoms with Gasteiger partial charge in [0.25, 0.3) is 11.7 Å². The molecule has 0 spiro atoms. The molecule has 1 N–H and O–H groups in total. The van der Waals surface area contributed by atoms with Crippen LogP contribution >= 0.6 is 11.6 Å². The quantitative estimate of drug-likeness (QED) is 0.304. The Morgan fingerprint density at radius 1 is 1.03 bits per heavy atom. The largest absolute Gasteiger partial charge is 0.481 e. The molecule has 0 unspecified atom stereocenters. The van der Waals surface area contributed by atoms with Crippen molar-refractivity contribution in [2.24, 2.45) is 0 Å². The third-order valence-electron chi connectivity index (χ3n) is 5.83. The second-order valence-corrected chi connectivity index (χ2v) is 8.43. The average molecular weight is 462 g/mol. The van der Waals surface area contributed by atoms with Gasteiger partial charge in [-0.2, -0.15) is 0 Å². The molecule has 0 aliphatic heterocycles. The number of rotatable bonds is 6. The van der Waals surface area contributed by atoms with E-state index in [9.17, 15) is 9.59 Å². The average Bonchev–Trinajstić information content (AvgIpc) is 3.05. The molecule has 168 valence electrons. The van der Waals surface area contributed by atoms with E-state index in [4.69, 9.17) is 16.3 Å². The summed E-state index contributed by atoms with van der Waals surface area (Å²) in [6.07, 6.45) is 1.51. The summed E-state index contributed by atoms with van der Waals surface area (Å²) in [4.78, 5) is 30.3. The van der Waals surface area contributed by atoms with E-state index in [0.29, 0.717) is 28.7 Å². The van der Waals surface area contributed by atoms with E-state index < -0.39 is 11.7 Å². The molecule has 2 heterocycles. The lowest BCUT2D eigenvalue weighted by atomic mass is 10.0. The zero-order chi connectivity index (χ0) is 23.7. The normalized spacial score (nSPS) is 10.9. The number of Topliss-reactive ketones (excluding diaryl/α,β-unsaturated/α-hetero) is 1. The van der Waals surface area contributed by atoms with Crippen LogP contribution in [0.25, 0.3) is 10.9 Å². The molecule has 0 saturated carbocycles. The Kier molecular flexibility index (Phi) is 6.20. The fourth-order valence-electron chi connectivity index (χ4n) is 3.90. The summed E-state index contributed by atoms with van der Waals surface area (Å²) in [5.74, 6) is -0.955. The van der Waals surface area contributed by atoms with Gasteiger partial charge in [-0.05, 0) is 67.8 Å². The van der Waals surface area contributed by atoms with Crippen molar-refractivity contribution in [3.8, 4) is 5.88 Å². The molecule has 4 rings (SSSR count). The van der Waals surface area contributed by atoms with E-state index in [1.165, 1.54) is 13.3 Å². The minimum absolute atomic E-state index is 0.349. The van der Waals surface area contributed by atoms with Gasteiger partial charge in [0.2, 0.25) is 5.88 Å². The van der Waals surface area contributed by atoms with Gasteiger partial charge in [0.05, 0.1) is 12.7 Å². The molecule has 0 radical (unpaired) electrons. The Bertz CT molecular complexity index is 1370. The second-order valence-electron chi connectivity index (χ2n) is 8.00. The van der Waals surface area contributed by atoms with Gasteiger partial charge in [0, 0.05) is 46.1 Å². The van der Waals surface area contributed by atoms with Crippen molar-refractivity contribution in [1.29, 1.82) is 0 Å². The highest BCUT2D eigenvalue weighted by atomic mass is 35.5. The number of aromatic nitrogens is 2. The van der Waals surface area contributed by atoms with Crippen LogP contribution in [0.15, 0.2) is 54.7 Å². The van der Waals surface area contributed by atoms with Crippen LogP contribution < -0.4 is 10.1 Å². The Balaban J connectivity index is 1.76. The first-order chi connectivity index (χ1) is 15.8. The molecule has 0 bridgehead atoms. The number of carbonyl (C=O) groups excluding carboxylic acids is 2. The third-order valence-corrected chi connectivity index (χ3v) is 6.08. The van der Waals surface area contributed by atoms with Gasteiger partial charge in [-0.15, -0.1) is 0 Å². The standard InChI is InChI=1S/C26H24ClN3O3/c1-15-11-21-22(12-16(15)2)30(14-18-5-7-19(27)8-6-18)17(3)24(21)25(31)26(32)29-20-9-10-28-23(13-20)33-4/h5-13H,14H2,1-4H3,(H,28,29,32). The zero-order valence-corrected chi connectivity index (χ0v) is 19.7. The SMILES string of the molecule is COc1cc(NC(=O)C(=O)c2c(C)n(Cc3ccc(Cl)cc3)c3cc(C)c(C)cc23)ccn1. The van der Waals surface area contributed by atoms with Crippen LogP contribution in [0.3, 0.4) is 0 Å². The number of nitrogens with one attached hydrogen (secondary N) is 1. The van der Waals surface area contributed by atoms with Crippen LogP contribution in [0.4, 0.5) is 5.69 Å². The van der Waals surface area contributed by atoms with Gasteiger partial charge in [-0.25, -0.2) is 4.98 Å². The van der Waals surface area contributed by atoms with Crippen molar-refractivity contribution >= 4 is 39.9 Å². The van der Waals surface area contributed by atoms with Crippen LogP contribution in [0.5, 0.6) is 5.88 Å². The molecular formula is C26H24ClN3O3. The predicted octanol–water partition coefficient (Wildman–Crippen LogP) is 5.49. The lowest BCUT2D eigenvalue weighted by molar-refractivity contribution is -0.112. The van der Waals surface area contributed by atoms with Crippen molar-refractivity contribution in [3.63, 3.8) is 0 Å². The number of hydrogen-bond donors (Lipinski definition) is 1. The minimum atomic E-state index is -0.713. The maximum atomic E-state index is 13.4. The van der Waals surface area contributed by atoms with Gasteiger partial charge >= 0.3 is 0 Å². The number of carbonyl (C=O) groups is 2. The lowest BCUT2D eigenvalue weighted by Gasteiger charge is -2.10. The first-order valence-corrected chi connectivity index (χ1v) is 10.9. The van der Waals surface area contributed by atoms with Crippen LogP contribution in [0, 0.1) is 20.8 Å². The fourth-order valence-corrected chi connectivity index (χ4v) is 4.02. The molecule has 0 aliphatic rings. The topological polar surface area (TPSA) is 73.2 Å². The Labute approximate surface area is 197 Å². The van der Waals surface area contributed by atoms with Crippen molar-refractivity contribution in [1.82, 2.24) is 9.55 Å². The summed E-state index contributed by atoms with van der Waals surface area (Å²) in [7, 11) is 1.49.